The third kappa shape index (κ3) is 4.63. The van der Waals surface area contributed by atoms with E-state index in [0.29, 0.717) is 11.1 Å². The van der Waals surface area contributed by atoms with Gasteiger partial charge in [-0.25, -0.2) is 0 Å². The minimum atomic E-state index is 0.500. The first-order chi connectivity index (χ1) is 10.8. The van der Waals surface area contributed by atoms with Gasteiger partial charge in [0.1, 0.15) is 0 Å². The molecule has 2 rings (SSSR count). The van der Waals surface area contributed by atoms with E-state index >= 15 is 0 Å². The van der Waals surface area contributed by atoms with Gasteiger partial charge in [-0.1, -0.05) is 60.7 Å². The van der Waals surface area contributed by atoms with E-state index in [4.69, 9.17) is 0 Å². The molecule has 2 heteroatoms. The molecular formula is C20H14N2. The van der Waals surface area contributed by atoms with E-state index < -0.39 is 0 Å². The average Bonchev–Trinajstić information content (AvgIpc) is 2.59. The summed E-state index contributed by atoms with van der Waals surface area (Å²) in [6.07, 6.45) is 6.89. The van der Waals surface area contributed by atoms with Crippen LogP contribution in [0, 0.1) is 22.7 Å². The summed E-state index contributed by atoms with van der Waals surface area (Å²) < 4.78 is 0. The molecule has 0 spiro atoms. The molecule has 0 N–H and O–H groups in total. The van der Waals surface area contributed by atoms with Crippen molar-refractivity contribution in [2.24, 2.45) is 0 Å². The van der Waals surface area contributed by atoms with E-state index in [-0.39, 0.29) is 0 Å². The Kier molecular flexibility index (Phi) is 5.50. The van der Waals surface area contributed by atoms with E-state index in [2.05, 4.69) is 12.1 Å². The van der Waals surface area contributed by atoms with Crippen molar-refractivity contribution in [2.75, 3.05) is 0 Å². The molecule has 0 amide bonds. The minimum absolute atomic E-state index is 0.500. The van der Waals surface area contributed by atoms with Gasteiger partial charge in [0.15, 0.2) is 0 Å². The lowest BCUT2D eigenvalue weighted by molar-refractivity contribution is 1.49. The van der Waals surface area contributed by atoms with Crippen LogP contribution in [0.15, 0.2) is 84.0 Å². The molecule has 2 nitrogen and oxygen atoms in total. The number of allylic oxidation sites excluding steroid dienone is 4. The second kappa shape index (κ2) is 8.04. The van der Waals surface area contributed by atoms with Gasteiger partial charge >= 0.3 is 0 Å². The van der Waals surface area contributed by atoms with Gasteiger partial charge in [0.05, 0.1) is 23.3 Å². The maximum absolute atomic E-state index is 9.19. The number of rotatable bonds is 4. The predicted octanol–water partition coefficient (Wildman–Crippen LogP) is 4.76. The SMILES string of the molecule is N#CC(=C\c1ccccc1)/C=C/C(C#N)=C/c1ccccc1. The predicted molar refractivity (Wildman–Crippen MR) is 89.2 cm³/mol. The fourth-order valence-electron chi connectivity index (χ4n) is 1.87. The molecule has 104 valence electrons. The summed E-state index contributed by atoms with van der Waals surface area (Å²) in [4.78, 5) is 0. The van der Waals surface area contributed by atoms with E-state index in [0.717, 1.165) is 11.1 Å². The van der Waals surface area contributed by atoms with Gasteiger partial charge in [-0.15, -0.1) is 0 Å². The van der Waals surface area contributed by atoms with Crippen molar-refractivity contribution in [1.82, 2.24) is 0 Å². The molecule has 0 saturated heterocycles. The number of nitrogens with zero attached hydrogens (tertiary/aromatic N) is 2. The Labute approximate surface area is 130 Å². The zero-order chi connectivity index (χ0) is 15.6. The largest absolute Gasteiger partial charge is 0.192 e. The van der Waals surface area contributed by atoms with Crippen LogP contribution in [0.25, 0.3) is 12.2 Å². The zero-order valence-electron chi connectivity index (χ0n) is 12.0. The van der Waals surface area contributed by atoms with Crippen LogP contribution in [0.4, 0.5) is 0 Å². The van der Waals surface area contributed by atoms with E-state index in [9.17, 15) is 10.5 Å². The van der Waals surface area contributed by atoms with E-state index in [1.165, 1.54) is 0 Å². The summed E-state index contributed by atoms with van der Waals surface area (Å²) in [7, 11) is 0. The van der Waals surface area contributed by atoms with Crippen molar-refractivity contribution in [2.45, 2.75) is 0 Å². The standard InChI is InChI=1S/C20H14N2/c21-15-19(13-17-7-3-1-4-8-17)11-12-20(16-22)14-18-9-5-2-6-10-18/h1-14H/b12-11+,19-13-,20-14-. The molecule has 0 atom stereocenters. The third-order valence-corrected chi connectivity index (χ3v) is 2.94. The summed E-state index contributed by atoms with van der Waals surface area (Å²) in [6, 6.07) is 23.5. The van der Waals surface area contributed by atoms with Gasteiger partial charge in [0.2, 0.25) is 0 Å². The monoisotopic (exact) mass is 282 g/mol. The Morgan fingerprint density at radius 3 is 1.32 bits per heavy atom. The lowest BCUT2D eigenvalue weighted by atomic mass is 10.1. The van der Waals surface area contributed by atoms with Gasteiger partial charge in [-0.3, -0.25) is 0 Å². The maximum Gasteiger partial charge on any atom is 0.0991 e. The van der Waals surface area contributed by atoms with Crippen LogP contribution < -0.4 is 0 Å². The molecule has 0 fully saturated rings. The summed E-state index contributed by atoms with van der Waals surface area (Å²) >= 11 is 0. The number of hydrogen-bond donors (Lipinski definition) is 0. The van der Waals surface area contributed by atoms with Crippen molar-refractivity contribution in [3.63, 3.8) is 0 Å². The first-order valence-electron chi connectivity index (χ1n) is 6.83. The van der Waals surface area contributed by atoms with Crippen molar-refractivity contribution < 1.29 is 0 Å². The zero-order valence-corrected chi connectivity index (χ0v) is 12.0. The van der Waals surface area contributed by atoms with Gasteiger partial charge in [-0.05, 0) is 35.4 Å². The van der Waals surface area contributed by atoms with Gasteiger partial charge in [0, 0.05) is 0 Å². The summed E-state index contributed by atoms with van der Waals surface area (Å²) in [5.41, 5.74) is 2.91. The molecule has 2 aromatic carbocycles. The molecule has 2 aromatic rings. The summed E-state index contributed by atoms with van der Waals surface area (Å²) in [5, 5.41) is 18.4. The van der Waals surface area contributed by atoms with E-state index in [1.54, 1.807) is 24.3 Å². The van der Waals surface area contributed by atoms with Gasteiger partial charge < -0.3 is 0 Å². The van der Waals surface area contributed by atoms with Crippen LogP contribution >= 0.6 is 0 Å². The molecule has 0 aliphatic rings. The Balaban J connectivity index is 2.21. The molecule has 0 saturated carbocycles. The average molecular weight is 282 g/mol. The van der Waals surface area contributed by atoms with Crippen molar-refractivity contribution in [3.05, 3.63) is 95.1 Å². The smallest absolute Gasteiger partial charge is 0.0991 e. The van der Waals surface area contributed by atoms with Crippen LogP contribution in [0.1, 0.15) is 11.1 Å². The Morgan fingerprint density at radius 1 is 0.636 bits per heavy atom. The second-order valence-electron chi connectivity index (χ2n) is 4.58. The highest BCUT2D eigenvalue weighted by molar-refractivity contribution is 5.64. The highest BCUT2D eigenvalue weighted by Gasteiger charge is 1.94. The first-order valence-corrected chi connectivity index (χ1v) is 6.83. The van der Waals surface area contributed by atoms with Crippen LogP contribution in [0.5, 0.6) is 0 Å². The normalized spacial score (nSPS) is 11.9. The lowest BCUT2D eigenvalue weighted by Gasteiger charge is -1.94. The molecule has 0 radical (unpaired) electrons. The molecule has 0 aliphatic heterocycles. The fourth-order valence-corrected chi connectivity index (χ4v) is 1.87. The molecule has 0 bridgehead atoms. The number of nitriles is 2. The Bertz CT molecular complexity index is 714. The van der Waals surface area contributed by atoms with Gasteiger partial charge in [0.25, 0.3) is 0 Å². The topological polar surface area (TPSA) is 47.6 Å². The fraction of sp³-hybridized carbons (Fsp3) is 0. The molecule has 22 heavy (non-hydrogen) atoms. The first kappa shape index (κ1) is 15.0. The third-order valence-electron chi connectivity index (χ3n) is 2.94. The van der Waals surface area contributed by atoms with E-state index in [1.807, 2.05) is 60.7 Å². The quantitative estimate of drug-likeness (QED) is 0.599. The second-order valence-corrected chi connectivity index (χ2v) is 4.58. The van der Waals surface area contributed by atoms with Gasteiger partial charge in [-0.2, -0.15) is 10.5 Å². The summed E-state index contributed by atoms with van der Waals surface area (Å²) in [6.45, 7) is 0. The summed E-state index contributed by atoms with van der Waals surface area (Å²) in [5.74, 6) is 0. The van der Waals surface area contributed by atoms with Crippen molar-refractivity contribution >= 4 is 12.2 Å². The molecule has 0 aromatic heterocycles. The Hall–Kier alpha value is -3.36. The maximum atomic E-state index is 9.19. The molecule has 0 unspecified atom stereocenters. The number of hydrogen-bond acceptors (Lipinski definition) is 2. The van der Waals surface area contributed by atoms with Crippen molar-refractivity contribution in [1.29, 1.82) is 10.5 Å². The Morgan fingerprint density at radius 2 is 1.00 bits per heavy atom. The highest BCUT2D eigenvalue weighted by atomic mass is 14.2. The minimum Gasteiger partial charge on any atom is -0.192 e. The van der Waals surface area contributed by atoms with Crippen LogP contribution in [-0.4, -0.2) is 0 Å². The van der Waals surface area contributed by atoms with Crippen LogP contribution in [-0.2, 0) is 0 Å². The number of benzene rings is 2. The molecule has 0 aliphatic carbocycles. The molecule has 0 heterocycles. The lowest BCUT2D eigenvalue weighted by Crippen LogP contribution is -1.78. The van der Waals surface area contributed by atoms with Crippen LogP contribution in [0.2, 0.25) is 0 Å². The highest BCUT2D eigenvalue weighted by Crippen LogP contribution is 2.11. The van der Waals surface area contributed by atoms with Crippen LogP contribution in [0.3, 0.4) is 0 Å². The van der Waals surface area contributed by atoms with Crippen molar-refractivity contribution in [3.8, 4) is 12.1 Å². The molecular weight excluding hydrogens is 268 g/mol.